The number of hydrogen-bond acceptors (Lipinski definition) is 4. The minimum Gasteiger partial charge on any atom is -0.393 e. The number of aliphatic hydroxyl groups excluding tert-OH is 1. The van der Waals surface area contributed by atoms with Crippen molar-refractivity contribution in [2.45, 2.75) is 25.9 Å². The fourth-order valence-electron chi connectivity index (χ4n) is 2.62. The van der Waals surface area contributed by atoms with Gasteiger partial charge in [0, 0.05) is 18.5 Å². The van der Waals surface area contributed by atoms with Gasteiger partial charge in [-0.2, -0.15) is 0 Å². The summed E-state index contributed by atoms with van der Waals surface area (Å²) in [5.41, 5.74) is 0.969. The van der Waals surface area contributed by atoms with E-state index in [4.69, 9.17) is 0 Å². The Hall–Kier alpha value is -1.94. The van der Waals surface area contributed by atoms with Crippen LogP contribution in [-0.4, -0.2) is 34.3 Å². The number of fused-ring (bicyclic) bond motifs is 1. The van der Waals surface area contributed by atoms with Crippen LogP contribution in [0.2, 0.25) is 0 Å². The molecule has 3 rings (SSSR count). The zero-order valence-corrected chi connectivity index (χ0v) is 11.7. The lowest BCUT2D eigenvalue weighted by Crippen LogP contribution is -2.36. The number of rotatable bonds is 2. The van der Waals surface area contributed by atoms with E-state index in [1.54, 1.807) is 0 Å². The number of nitrogens with zero attached hydrogens (tertiary/aromatic N) is 3. The predicted octanol–water partition coefficient (Wildman–Crippen LogP) is 2.62. The Balaban J connectivity index is 2.07. The first-order valence-corrected chi connectivity index (χ1v) is 7.10. The molecule has 1 aliphatic rings. The predicted molar refractivity (Wildman–Crippen MR) is 81.7 cm³/mol. The van der Waals surface area contributed by atoms with Crippen molar-refractivity contribution in [3.8, 4) is 0 Å². The monoisotopic (exact) mass is 269 g/mol. The van der Waals surface area contributed by atoms with Crippen molar-refractivity contribution >= 4 is 22.8 Å². The van der Waals surface area contributed by atoms with Gasteiger partial charge in [-0.05, 0) is 38.0 Å². The smallest absolute Gasteiger partial charge is 0.154 e. The maximum Gasteiger partial charge on any atom is 0.154 e. The highest BCUT2D eigenvalue weighted by atomic mass is 16.3. The summed E-state index contributed by atoms with van der Waals surface area (Å²) < 4.78 is 0. The lowest BCUT2D eigenvalue weighted by atomic mass is 10.1. The lowest BCUT2D eigenvalue weighted by Gasteiger charge is -2.31. The summed E-state index contributed by atoms with van der Waals surface area (Å²) in [6, 6.07) is 8.10. The highest BCUT2D eigenvalue weighted by Crippen LogP contribution is 2.26. The molecular weight excluding hydrogens is 250 g/mol. The summed E-state index contributed by atoms with van der Waals surface area (Å²) in [4.78, 5) is 11.5. The number of piperidine rings is 1. The van der Waals surface area contributed by atoms with E-state index in [2.05, 4.69) is 20.9 Å². The van der Waals surface area contributed by atoms with Gasteiger partial charge < -0.3 is 10.0 Å². The van der Waals surface area contributed by atoms with Crippen LogP contribution in [0.5, 0.6) is 0 Å². The van der Waals surface area contributed by atoms with E-state index in [9.17, 15) is 5.11 Å². The zero-order chi connectivity index (χ0) is 13.9. The summed E-state index contributed by atoms with van der Waals surface area (Å²) in [7, 11) is 0. The summed E-state index contributed by atoms with van der Waals surface area (Å²) in [6.45, 7) is 3.66. The first-order valence-electron chi connectivity index (χ1n) is 7.10. The summed E-state index contributed by atoms with van der Waals surface area (Å²) >= 11 is 0. The van der Waals surface area contributed by atoms with E-state index in [1.165, 1.54) is 0 Å². The highest BCUT2D eigenvalue weighted by molar-refractivity contribution is 5.90. The second-order valence-electron chi connectivity index (χ2n) is 5.14. The number of anilines is 1. The van der Waals surface area contributed by atoms with Crippen molar-refractivity contribution < 1.29 is 5.11 Å². The van der Waals surface area contributed by atoms with Gasteiger partial charge in [0.1, 0.15) is 5.82 Å². The number of hydrogen-bond donors (Lipinski definition) is 1. The summed E-state index contributed by atoms with van der Waals surface area (Å²) in [5.74, 6) is 1.72. The molecule has 1 aromatic carbocycles. The molecule has 0 radical (unpaired) electrons. The van der Waals surface area contributed by atoms with Crippen molar-refractivity contribution in [2.75, 3.05) is 18.0 Å². The Kier molecular flexibility index (Phi) is 3.65. The number of allylic oxidation sites excluding steroid dienone is 1. The van der Waals surface area contributed by atoms with E-state index < -0.39 is 0 Å². The molecule has 1 fully saturated rings. The molecule has 0 aliphatic carbocycles. The molecule has 4 heteroatoms. The molecule has 0 unspecified atom stereocenters. The molecule has 1 aliphatic heterocycles. The maximum atomic E-state index is 9.66. The van der Waals surface area contributed by atoms with Gasteiger partial charge in [-0.1, -0.05) is 18.2 Å². The fraction of sp³-hybridized carbons (Fsp3) is 0.375. The van der Waals surface area contributed by atoms with Crippen LogP contribution in [0.3, 0.4) is 0 Å². The van der Waals surface area contributed by atoms with Gasteiger partial charge in [-0.15, -0.1) is 0 Å². The Bertz CT molecular complexity index is 631. The second kappa shape index (κ2) is 5.59. The second-order valence-corrected chi connectivity index (χ2v) is 5.14. The van der Waals surface area contributed by atoms with Crippen molar-refractivity contribution in [3.63, 3.8) is 0 Å². The molecule has 1 N–H and O–H groups in total. The van der Waals surface area contributed by atoms with Crippen LogP contribution in [0, 0.1) is 0 Å². The van der Waals surface area contributed by atoms with Crippen molar-refractivity contribution in [2.24, 2.45) is 0 Å². The van der Waals surface area contributed by atoms with Crippen LogP contribution in [0.1, 0.15) is 25.6 Å². The van der Waals surface area contributed by atoms with Crippen LogP contribution in [0.15, 0.2) is 30.3 Å². The van der Waals surface area contributed by atoms with Crippen LogP contribution >= 0.6 is 0 Å². The third-order valence-corrected chi connectivity index (χ3v) is 3.68. The van der Waals surface area contributed by atoms with Crippen molar-refractivity contribution in [3.05, 3.63) is 36.2 Å². The SMILES string of the molecule is C/C=C/c1nc(N2CCC(O)CC2)c2ccccc2n1. The average molecular weight is 269 g/mol. The third-order valence-electron chi connectivity index (χ3n) is 3.68. The summed E-state index contributed by atoms with van der Waals surface area (Å²) in [5, 5.41) is 10.7. The van der Waals surface area contributed by atoms with Crippen LogP contribution < -0.4 is 4.90 Å². The Morgan fingerprint density at radius 1 is 1.20 bits per heavy atom. The normalized spacial score (nSPS) is 17.2. The molecule has 104 valence electrons. The number of benzene rings is 1. The Morgan fingerprint density at radius 3 is 2.70 bits per heavy atom. The quantitative estimate of drug-likeness (QED) is 0.910. The molecule has 0 amide bonds. The first kappa shape index (κ1) is 13.1. The largest absolute Gasteiger partial charge is 0.393 e. The molecule has 1 aromatic heterocycles. The fourth-order valence-corrected chi connectivity index (χ4v) is 2.62. The topological polar surface area (TPSA) is 49.2 Å². The molecule has 20 heavy (non-hydrogen) atoms. The minimum absolute atomic E-state index is 0.172. The third kappa shape index (κ3) is 2.51. The number of aliphatic hydroxyl groups is 1. The Morgan fingerprint density at radius 2 is 1.95 bits per heavy atom. The molecule has 0 bridgehead atoms. The molecule has 0 spiro atoms. The number of para-hydroxylation sites is 1. The van der Waals surface area contributed by atoms with Gasteiger partial charge in [0.25, 0.3) is 0 Å². The molecule has 2 aromatic rings. The van der Waals surface area contributed by atoms with Crippen LogP contribution in [-0.2, 0) is 0 Å². The number of aromatic nitrogens is 2. The van der Waals surface area contributed by atoms with Crippen LogP contribution in [0.25, 0.3) is 17.0 Å². The maximum absolute atomic E-state index is 9.66. The molecular formula is C16H19N3O. The van der Waals surface area contributed by atoms with E-state index in [-0.39, 0.29) is 6.10 Å². The molecule has 1 saturated heterocycles. The highest BCUT2D eigenvalue weighted by Gasteiger charge is 2.20. The standard InChI is InChI=1S/C16H19N3O/c1-2-5-15-17-14-7-4-3-6-13(14)16(18-15)19-10-8-12(20)9-11-19/h2-7,12,20H,8-11H2,1H3/b5-2+. The van der Waals surface area contributed by atoms with E-state index >= 15 is 0 Å². The van der Waals surface area contributed by atoms with Gasteiger partial charge in [0.05, 0.1) is 11.6 Å². The summed E-state index contributed by atoms with van der Waals surface area (Å²) in [6.07, 6.45) is 5.31. The molecule has 0 atom stereocenters. The van der Waals surface area contributed by atoms with Crippen molar-refractivity contribution in [1.29, 1.82) is 0 Å². The zero-order valence-electron chi connectivity index (χ0n) is 11.7. The Labute approximate surface area is 118 Å². The average Bonchev–Trinajstić information content (AvgIpc) is 2.48. The molecule has 2 heterocycles. The van der Waals surface area contributed by atoms with E-state index in [1.807, 2.05) is 37.3 Å². The minimum atomic E-state index is -0.172. The van der Waals surface area contributed by atoms with Gasteiger partial charge in [-0.25, -0.2) is 9.97 Å². The molecule has 4 nitrogen and oxygen atoms in total. The van der Waals surface area contributed by atoms with Gasteiger partial charge in [-0.3, -0.25) is 0 Å². The van der Waals surface area contributed by atoms with Gasteiger partial charge >= 0.3 is 0 Å². The van der Waals surface area contributed by atoms with Gasteiger partial charge in [0.2, 0.25) is 0 Å². The van der Waals surface area contributed by atoms with E-state index in [0.717, 1.165) is 48.5 Å². The molecule has 0 saturated carbocycles. The van der Waals surface area contributed by atoms with Crippen LogP contribution in [0.4, 0.5) is 5.82 Å². The van der Waals surface area contributed by atoms with Gasteiger partial charge in [0.15, 0.2) is 5.82 Å². The lowest BCUT2D eigenvalue weighted by molar-refractivity contribution is 0.145. The van der Waals surface area contributed by atoms with E-state index in [0.29, 0.717) is 0 Å². The first-order chi connectivity index (χ1) is 9.78. The van der Waals surface area contributed by atoms with Crippen molar-refractivity contribution in [1.82, 2.24) is 9.97 Å².